The first-order valence-corrected chi connectivity index (χ1v) is 9.92. The van der Waals surface area contributed by atoms with Crippen molar-refractivity contribution in [3.05, 3.63) is 17.7 Å². The van der Waals surface area contributed by atoms with Crippen molar-refractivity contribution in [3.63, 3.8) is 0 Å². The van der Waals surface area contributed by atoms with Crippen molar-refractivity contribution in [2.24, 2.45) is 0 Å². The molecule has 6 heteroatoms. The standard InChI is InChI=1S/C17H28N4OS/c1-20-10-7-17(23-2,8-11-20)13-19-16(22)14-12-18-15-6-4-3-5-9-21(14)15/h12H,3-11,13H2,1-2H3,(H,19,22). The van der Waals surface area contributed by atoms with E-state index in [4.69, 9.17) is 0 Å². The van der Waals surface area contributed by atoms with Gasteiger partial charge in [0.1, 0.15) is 11.5 Å². The zero-order valence-corrected chi connectivity index (χ0v) is 15.1. The molecule has 0 saturated carbocycles. The number of rotatable bonds is 4. The van der Waals surface area contributed by atoms with E-state index in [2.05, 4.69) is 33.1 Å². The Hall–Kier alpha value is -1.01. The van der Waals surface area contributed by atoms with E-state index in [1.54, 1.807) is 6.20 Å². The van der Waals surface area contributed by atoms with Gasteiger partial charge in [-0.25, -0.2) is 4.98 Å². The normalized spacial score (nSPS) is 21.5. The maximum absolute atomic E-state index is 12.7. The number of fused-ring (bicyclic) bond motifs is 1. The van der Waals surface area contributed by atoms with E-state index in [9.17, 15) is 4.79 Å². The highest BCUT2D eigenvalue weighted by atomic mass is 32.2. The number of carbonyl (C=O) groups is 1. The van der Waals surface area contributed by atoms with Crippen molar-refractivity contribution in [2.75, 3.05) is 32.9 Å². The summed E-state index contributed by atoms with van der Waals surface area (Å²) in [7, 11) is 2.17. The monoisotopic (exact) mass is 336 g/mol. The molecule has 1 aromatic rings. The van der Waals surface area contributed by atoms with Crippen LogP contribution < -0.4 is 5.32 Å². The highest BCUT2D eigenvalue weighted by Crippen LogP contribution is 2.33. The third-order valence-electron chi connectivity index (χ3n) is 5.36. The van der Waals surface area contributed by atoms with Crippen molar-refractivity contribution >= 4 is 17.7 Å². The number of imidazole rings is 1. The number of carbonyl (C=O) groups excluding carboxylic acids is 1. The molecule has 1 N–H and O–H groups in total. The Bertz CT molecular complexity index is 549. The predicted molar refractivity (Wildman–Crippen MR) is 95.1 cm³/mol. The number of nitrogens with zero attached hydrogens (tertiary/aromatic N) is 3. The van der Waals surface area contributed by atoms with Gasteiger partial charge in [-0.3, -0.25) is 4.79 Å². The fourth-order valence-electron chi connectivity index (χ4n) is 3.59. The van der Waals surface area contributed by atoms with Crippen LogP contribution in [0.3, 0.4) is 0 Å². The van der Waals surface area contributed by atoms with E-state index < -0.39 is 0 Å². The number of hydrogen-bond acceptors (Lipinski definition) is 4. The zero-order chi connectivity index (χ0) is 16.3. The number of piperidine rings is 1. The Kier molecular flexibility index (Phi) is 5.31. The van der Waals surface area contributed by atoms with Crippen LogP contribution in [0.1, 0.15) is 48.4 Å². The quantitative estimate of drug-likeness (QED) is 0.915. The third kappa shape index (κ3) is 3.74. The van der Waals surface area contributed by atoms with E-state index in [-0.39, 0.29) is 10.7 Å². The number of hydrogen-bond donors (Lipinski definition) is 1. The molecule has 0 aliphatic carbocycles. The molecule has 0 aromatic carbocycles. The van der Waals surface area contributed by atoms with Gasteiger partial charge in [-0.2, -0.15) is 11.8 Å². The molecular formula is C17H28N4OS. The molecule has 23 heavy (non-hydrogen) atoms. The van der Waals surface area contributed by atoms with Gasteiger partial charge in [-0.1, -0.05) is 6.42 Å². The molecule has 2 aliphatic heterocycles. The van der Waals surface area contributed by atoms with Crippen LogP contribution in [-0.2, 0) is 13.0 Å². The largest absolute Gasteiger partial charge is 0.349 e. The van der Waals surface area contributed by atoms with Crippen LogP contribution in [0.15, 0.2) is 6.20 Å². The summed E-state index contributed by atoms with van der Waals surface area (Å²) in [4.78, 5) is 19.5. The summed E-state index contributed by atoms with van der Waals surface area (Å²) in [5.74, 6) is 1.12. The number of likely N-dealkylation sites (tertiary alicyclic amines) is 1. The molecule has 0 atom stereocenters. The first-order valence-electron chi connectivity index (χ1n) is 8.70. The number of aryl methyl sites for hydroxylation is 1. The average molecular weight is 337 g/mol. The van der Waals surface area contributed by atoms with E-state index in [1.807, 2.05) is 11.8 Å². The smallest absolute Gasteiger partial charge is 0.269 e. The summed E-state index contributed by atoms with van der Waals surface area (Å²) in [5, 5.41) is 3.19. The highest BCUT2D eigenvalue weighted by molar-refractivity contribution is 8.00. The lowest BCUT2D eigenvalue weighted by Gasteiger charge is -2.39. The summed E-state index contributed by atoms with van der Waals surface area (Å²) >= 11 is 1.90. The van der Waals surface area contributed by atoms with Crippen molar-refractivity contribution in [3.8, 4) is 0 Å². The van der Waals surface area contributed by atoms with Crippen molar-refractivity contribution in [1.29, 1.82) is 0 Å². The summed E-state index contributed by atoms with van der Waals surface area (Å²) in [6.07, 6.45) is 10.7. The lowest BCUT2D eigenvalue weighted by Crippen LogP contribution is -2.48. The average Bonchev–Trinajstić information content (AvgIpc) is 2.83. The topological polar surface area (TPSA) is 50.2 Å². The number of thioether (sulfide) groups is 1. The van der Waals surface area contributed by atoms with Gasteiger partial charge in [0.25, 0.3) is 5.91 Å². The molecule has 0 radical (unpaired) electrons. The fraction of sp³-hybridized carbons (Fsp3) is 0.765. The van der Waals surface area contributed by atoms with Crippen LogP contribution in [-0.4, -0.2) is 58.0 Å². The Labute approximate surface area is 143 Å². The van der Waals surface area contributed by atoms with Crippen LogP contribution in [0.4, 0.5) is 0 Å². The second-order valence-corrected chi connectivity index (χ2v) is 8.17. The molecule has 3 rings (SSSR count). The molecule has 128 valence electrons. The predicted octanol–water partition coefficient (Wildman–Crippen LogP) is 2.17. The molecule has 5 nitrogen and oxygen atoms in total. The van der Waals surface area contributed by atoms with Gasteiger partial charge in [0.05, 0.1) is 6.20 Å². The first-order chi connectivity index (χ1) is 11.1. The summed E-state index contributed by atoms with van der Waals surface area (Å²) < 4.78 is 2.31. The minimum absolute atomic E-state index is 0.0398. The van der Waals surface area contributed by atoms with Gasteiger partial charge in [-0.05, 0) is 52.1 Å². The van der Waals surface area contributed by atoms with Gasteiger partial charge in [-0.15, -0.1) is 0 Å². The maximum atomic E-state index is 12.7. The van der Waals surface area contributed by atoms with Gasteiger partial charge in [0.2, 0.25) is 0 Å². The SMILES string of the molecule is CSC1(CNC(=O)c2cnc3n2CCCCC3)CCN(C)CC1. The Morgan fingerprint density at radius 2 is 2.09 bits per heavy atom. The summed E-state index contributed by atoms with van der Waals surface area (Å²) in [6.45, 7) is 3.90. The van der Waals surface area contributed by atoms with E-state index >= 15 is 0 Å². The zero-order valence-electron chi connectivity index (χ0n) is 14.3. The maximum Gasteiger partial charge on any atom is 0.269 e. The number of nitrogens with one attached hydrogen (secondary N) is 1. The minimum atomic E-state index is 0.0398. The van der Waals surface area contributed by atoms with Crippen LogP contribution in [0.2, 0.25) is 0 Å². The summed E-state index contributed by atoms with van der Waals surface area (Å²) in [5.41, 5.74) is 0.742. The first kappa shape index (κ1) is 16.8. The molecule has 1 amide bonds. The molecule has 0 unspecified atom stereocenters. The number of aromatic nitrogens is 2. The molecule has 1 aromatic heterocycles. The Morgan fingerprint density at radius 1 is 1.30 bits per heavy atom. The Morgan fingerprint density at radius 3 is 2.83 bits per heavy atom. The van der Waals surface area contributed by atoms with E-state index in [0.29, 0.717) is 0 Å². The van der Waals surface area contributed by atoms with Gasteiger partial charge in [0, 0.05) is 24.3 Å². The fourth-order valence-corrected chi connectivity index (χ4v) is 4.39. The molecule has 2 aliphatic rings. The molecule has 1 fully saturated rings. The molecule has 0 spiro atoms. The summed E-state index contributed by atoms with van der Waals surface area (Å²) in [6, 6.07) is 0. The van der Waals surface area contributed by atoms with E-state index in [0.717, 1.165) is 63.4 Å². The second kappa shape index (κ2) is 7.26. The Balaban J connectivity index is 1.64. The third-order valence-corrected chi connectivity index (χ3v) is 6.77. The van der Waals surface area contributed by atoms with Crippen LogP contribution >= 0.6 is 11.8 Å². The molecule has 1 saturated heterocycles. The van der Waals surface area contributed by atoms with Crippen LogP contribution in [0.5, 0.6) is 0 Å². The van der Waals surface area contributed by atoms with Crippen molar-refractivity contribution < 1.29 is 4.79 Å². The molecule has 0 bridgehead atoms. The minimum Gasteiger partial charge on any atom is -0.349 e. The molecule has 3 heterocycles. The lowest BCUT2D eigenvalue weighted by molar-refractivity contribution is 0.0934. The van der Waals surface area contributed by atoms with Gasteiger partial charge >= 0.3 is 0 Å². The van der Waals surface area contributed by atoms with E-state index in [1.165, 1.54) is 12.8 Å². The number of amides is 1. The van der Waals surface area contributed by atoms with Crippen LogP contribution in [0, 0.1) is 0 Å². The lowest BCUT2D eigenvalue weighted by atomic mass is 9.96. The van der Waals surface area contributed by atoms with Crippen molar-refractivity contribution in [1.82, 2.24) is 19.8 Å². The van der Waals surface area contributed by atoms with Gasteiger partial charge < -0.3 is 14.8 Å². The van der Waals surface area contributed by atoms with Crippen molar-refractivity contribution in [2.45, 2.75) is 49.8 Å². The van der Waals surface area contributed by atoms with Gasteiger partial charge in [0.15, 0.2) is 0 Å². The highest BCUT2D eigenvalue weighted by Gasteiger charge is 2.33. The van der Waals surface area contributed by atoms with Crippen LogP contribution in [0.25, 0.3) is 0 Å². The second-order valence-electron chi connectivity index (χ2n) is 6.90. The molecular weight excluding hydrogens is 308 g/mol.